The number of hydrogen-bond acceptors (Lipinski definition) is 8. The number of aromatic amines is 1. The number of nitrogens with zero attached hydrogens (tertiary/aromatic N) is 6. The molecule has 0 unspecified atom stereocenters. The lowest BCUT2D eigenvalue weighted by Gasteiger charge is -2.44. The Bertz CT molecular complexity index is 1740. The summed E-state index contributed by atoms with van der Waals surface area (Å²) in [7, 11) is 3.58. The number of aromatic nitrogens is 4. The Morgan fingerprint density at radius 1 is 1.06 bits per heavy atom. The number of imidazole rings is 1. The molecule has 0 bridgehead atoms. The van der Waals surface area contributed by atoms with Gasteiger partial charge < -0.3 is 24.6 Å². The average molecular weight is 656 g/mol. The van der Waals surface area contributed by atoms with Gasteiger partial charge in [0.25, 0.3) is 0 Å². The Hall–Kier alpha value is -4.30. The second-order valence-corrected chi connectivity index (χ2v) is 12.6. The predicted octanol–water partition coefficient (Wildman–Crippen LogP) is 5.69. The first-order chi connectivity index (χ1) is 22.4. The number of benzene rings is 1. The lowest BCUT2D eigenvalue weighted by molar-refractivity contribution is -0.138. The predicted molar refractivity (Wildman–Crippen MR) is 170 cm³/mol. The molecular formula is C33H37F4N7O3. The number of fused-ring (bicyclic) bond motifs is 1. The lowest BCUT2D eigenvalue weighted by atomic mass is 9.69. The Morgan fingerprint density at radius 3 is 2.53 bits per heavy atom. The summed E-state index contributed by atoms with van der Waals surface area (Å²) in [5, 5.41) is 9.15. The standard InChI is InChI=1S/C33H37F4N7O3/c1-42(19-32(20-47-2)7-3-8-32)27-16-26(21-13-22(33(35,36)37)15-23(34)14-21)39-31-29(27)40-30(41-31)25-6-5-24(17-38-25)44-10-4-9-43(11-12-44)18-28(45)46/h5-6,13-17H,3-4,7-12,18-20H2,1-2H3,(H,45,46)(H,39,40,41). The molecule has 2 fully saturated rings. The van der Waals surface area contributed by atoms with Crippen LogP contribution < -0.4 is 9.80 Å². The van der Waals surface area contributed by atoms with E-state index < -0.39 is 23.5 Å². The molecule has 3 aromatic heterocycles. The molecule has 1 aliphatic carbocycles. The summed E-state index contributed by atoms with van der Waals surface area (Å²) in [5.74, 6) is -1.42. The topological polar surface area (TPSA) is 111 Å². The monoisotopic (exact) mass is 655 g/mol. The maximum absolute atomic E-state index is 14.5. The highest BCUT2D eigenvalue weighted by Gasteiger charge is 2.38. The zero-order chi connectivity index (χ0) is 33.3. The molecule has 1 saturated carbocycles. The summed E-state index contributed by atoms with van der Waals surface area (Å²) in [5.41, 5.74) is 1.97. The van der Waals surface area contributed by atoms with E-state index in [1.165, 1.54) is 0 Å². The number of alkyl halides is 3. The van der Waals surface area contributed by atoms with E-state index in [-0.39, 0.29) is 28.9 Å². The number of carboxylic acids is 1. The molecule has 0 amide bonds. The quantitative estimate of drug-likeness (QED) is 0.208. The van der Waals surface area contributed by atoms with Crippen LogP contribution in [0.3, 0.4) is 0 Å². The van der Waals surface area contributed by atoms with Crippen molar-refractivity contribution in [1.82, 2.24) is 24.8 Å². The summed E-state index contributed by atoms with van der Waals surface area (Å²) in [6.07, 6.45) is 0.919. The van der Waals surface area contributed by atoms with Gasteiger partial charge in [-0.05, 0) is 55.7 Å². The zero-order valence-corrected chi connectivity index (χ0v) is 26.3. The number of ether oxygens (including phenoxy) is 1. The molecule has 6 rings (SSSR count). The van der Waals surface area contributed by atoms with Crippen LogP contribution in [0.15, 0.2) is 42.6 Å². The third kappa shape index (κ3) is 7.18. The number of carboxylic acid groups (broad SMARTS) is 1. The number of carbonyl (C=O) groups is 1. The lowest BCUT2D eigenvalue weighted by Crippen LogP contribution is -2.44. The molecule has 1 aromatic carbocycles. The molecule has 4 aromatic rings. The number of methoxy groups -OCH3 is 1. The molecular weight excluding hydrogens is 618 g/mol. The van der Waals surface area contributed by atoms with Gasteiger partial charge in [-0.3, -0.25) is 14.7 Å². The summed E-state index contributed by atoms with van der Waals surface area (Å²) in [4.78, 5) is 34.5. The summed E-state index contributed by atoms with van der Waals surface area (Å²) < 4.78 is 60.7. The zero-order valence-electron chi connectivity index (χ0n) is 26.3. The highest BCUT2D eigenvalue weighted by atomic mass is 19.4. The van der Waals surface area contributed by atoms with Crippen molar-refractivity contribution in [3.63, 3.8) is 0 Å². The number of rotatable bonds is 10. The molecule has 0 spiro atoms. The van der Waals surface area contributed by atoms with E-state index in [1.54, 1.807) is 19.4 Å². The Balaban J connectivity index is 1.34. The number of aliphatic carboxylic acids is 1. The van der Waals surface area contributed by atoms with Crippen molar-refractivity contribution in [3.8, 4) is 22.8 Å². The smallest absolute Gasteiger partial charge is 0.416 e. The minimum absolute atomic E-state index is 0.00415. The van der Waals surface area contributed by atoms with Gasteiger partial charge >= 0.3 is 12.1 Å². The van der Waals surface area contributed by atoms with E-state index in [0.717, 1.165) is 50.0 Å². The van der Waals surface area contributed by atoms with Crippen LogP contribution in [0.25, 0.3) is 33.9 Å². The summed E-state index contributed by atoms with van der Waals surface area (Å²) in [6.45, 7) is 4.00. The van der Waals surface area contributed by atoms with E-state index in [0.29, 0.717) is 61.6 Å². The van der Waals surface area contributed by atoms with E-state index in [2.05, 4.69) is 19.9 Å². The van der Waals surface area contributed by atoms with Gasteiger partial charge in [0, 0.05) is 57.9 Å². The van der Waals surface area contributed by atoms with E-state index in [1.807, 2.05) is 29.0 Å². The fourth-order valence-corrected chi connectivity index (χ4v) is 6.65. The Morgan fingerprint density at radius 2 is 1.87 bits per heavy atom. The molecule has 2 aliphatic rings. The van der Waals surface area contributed by atoms with Gasteiger partial charge in [-0.2, -0.15) is 13.2 Å². The fourth-order valence-electron chi connectivity index (χ4n) is 6.65. The van der Waals surface area contributed by atoms with E-state index in [4.69, 9.17) is 14.8 Å². The average Bonchev–Trinajstić information content (AvgIpc) is 3.31. The number of anilines is 2. The van der Waals surface area contributed by atoms with Crippen molar-refractivity contribution < 1.29 is 32.2 Å². The first-order valence-electron chi connectivity index (χ1n) is 15.6. The molecule has 47 heavy (non-hydrogen) atoms. The maximum atomic E-state index is 14.5. The van der Waals surface area contributed by atoms with Gasteiger partial charge in [0.1, 0.15) is 17.0 Å². The first kappa shape index (κ1) is 32.6. The molecule has 4 heterocycles. The van der Waals surface area contributed by atoms with Crippen molar-refractivity contribution in [2.24, 2.45) is 5.41 Å². The van der Waals surface area contributed by atoms with Crippen LogP contribution in [-0.2, 0) is 15.7 Å². The fraction of sp³-hybridized carbons (Fsp3) is 0.455. The van der Waals surface area contributed by atoms with Crippen LogP contribution in [0.5, 0.6) is 0 Å². The van der Waals surface area contributed by atoms with Gasteiger partial charge in [-0.15, -0.1) is 0 Å². The second-order valence-electron chi connectivity index (χ2n) is 12.6. The molecule has 2 N–H and O–H groups in total. The van der Waals surface area contributed by atoms with Crippen LogP contribution in [0, 0.1) is 11.2 Å². The summed E-state index contributed by atoms with van der Waals surface area (Å²) >= 11 is 0. The first-order valence-corrected chi connectivity index (χ1v) is 15.6. The van der Waals surface area contributed by atoms with Crippen molar-refractivity contribution in [2.75, 3.05) is 69.8 Å². The normalized spacial score (nSPS) is 17.0. The van der Waals surface area contributed by atoms with Gasteiger partial charge in [-0.25, -0.2) is 14.4 Å². The Labute approximate surface area is 269 Å². The van der Waals surface area contributed by atoms with Gasteiger partial charge in [0.15, 0.2) is 11.5 Å². The highest BCUT2D eigenvalue weighted by molar-refractivity contribution is 5.91. The van der Waals surface area contributed by atoms with Gasteiger partial charge in [0.05, 0.1) is 42.0 Å². The molecule has 250 valence electrons. The highest BCUT2D eigenvalue weighted by Crippen LogP contribution is 2.43. The number of halogens is 4. The van der Waals surface area contributed by atoms with Crippen LogP contribution in [0.4, 0.5) is 28.9 Å². The largest absolute Gasteiger partial charge is 0.480 e. The third-order valence-electron chi connectivity index (χ3n) is 9.11. The van der Waals surface area contributed by atoms with Crippen LogP contribution in [0.1, 0.15) is 31.2 Å². The second kappa shape index (κ2) is 13.1. The van der Waals surface area contributed by atoms with Crippen LogP contribution in [0.2, 0.25) is 0 Å². The van der Waals surface area contributed by atoms with E-state index in [9.17, 15) is 22.4 Å². The van der Waals surface area contributed by atoms with Crippen molar-refractivity contribution in [3.05, 3.63) is 54.0 Å². The van der Waals surface area contributed by atoms with E-state index >= 15 is 0 Å². The van der Waals surface area contributed by atoms with Crippen molar-refractivity contribution in [1.29, 1.82) is 0 Å². The molecule has 1 aliphatic heterocycles. The number of hydrogen-bond donors (Lipinski definition) is 2. The molecule has 1 saturated heterocycles. The molecule has 14 heteroatoms. The summed E-state index contributed by atoms with van der Waals surface area (Å²) in [6, 6.07) is 7.86. The van der Waals surface area contributed by atoms with Crippen LogP contribution in [-0.4, -0.2) is 95.9 Å². The molecule has 0 radical (unpaired) electrons. The SMILES string of the molecule is COCC1(CN(C)c2cc(-c3cc(F)cc(C(F)(F)F)c3)nc3nc(-c4ccc(N5CCCN(CC(=O)O)CC5)cn4)[nH]c23)CCC1. The number of pyridine rings is 2. The van der Waals surface area contributed by atoms with Gasteiger partial charge in [-0.1, -0.05) is 6.42 Å². The Kier molecular flexibility index (Phi) is 9.07. The minimum Gasteiger partial charge on any atom is -0.480 e. The molecule has 10 nitrogen and oxygen atoms in total. The van der Waals surface area contributed by atoms with Crippen molar-refractivity contribution >= 4 is 28.5 Å². The van der Waals surface area contributed by atoms with Gasteiger partial charge in [0.2, 0.25) is 0 Å². The minimum atomic E-state index is -4.72. The third-order valence-corrected chi connectivity index (χ3v) is 9.11. The molecule has 0 atom stereocenters. The maximum Gasteiger partial charge on any atom is 0.416 e. The van der Waals surface area contributed by atoms with Crippen LogP contribution >= 0.6 is 0 Å². The van der Waals surface area contributed by atoms with Crippen molar-refractivity contribution in [2.45, 2.75) is 31.9 Å². The number of H-pyrrole nitrogens is 1. The number of nitrogens with one attached hydrogen (secondary N) is 1.